The van der Waals surface area contributed by atoms with E-state index in [0.29, 0.717) is 5.78 Å². The summed E-state index contributed by atoms with van der Waals surface area (Å²) in [5, 5.41) is 1.12. The molecule has 0 heterocycles. The van der Waals surface area contributed by atoms with Crippen LogP contribution in [0.1, 0.15) is 51.4 Å². The number of hydrogen-bond acceptors (Lipinski definition) is 1. The van der Waals surface area contributed by atoms with Crippen molar-refractivity contribution in [2.24, 2.45) is 0 Å². The minimum Gasteiger partial charge on any atom is -0.295 e. The number of carbonyl (C=O) groups excluding carboxylic acids is 1. The van der Waals surface area contributed by atoms with Gasteiger partial charge in [-0.05, 0) is 31.3 Å². The molecule has 2 heteroatoms. The molecule has 0 saturated carbocycles. The fourth-order valence-corrected chi connectivity index (χ4v) is 2.23. The van der Waals surface area contributed by atoms with Crippen molar-refractivity contribution >= 4 is 21.7 Å². The highest BCUT2D eigenvalue weighted by molar-refractivity contribution is 9.09. The minimum absolute atomic E-state index is 0.394. The van der Waals surface area contributed by atoms with E-state index in [9.17, 15) is 4.79 Å². The fourth-order valence-electron chi connectivity index (χ4n) is 1.83. The zero-order valence-electron chi connectivity index (χ0n) is 8.73. The summed E-state index contributed by atoms with van der Waals surface area (Å²) in [7, 11) is 0. The van der Waals surface area contributed by atoms with Gasteiger partial charge in [0.15, 0.2) is 5.78 Å². The molecule has 0 aromatic heterocycles. The second-order valence-electron chi connectivity index (χ2n) is 3.90. The Hall–Kier alpha value is -0.110. The van der Waals surface area contributed by atoms with Crippen LogP contribution in [0.25, 0.3) is 0 Å². The van der Waals surface area contributed by atoms with E-state index in [1.807, 2.05) is 0 Å². The lowest BCUT2D eigenvalue weighted by Crippen LogP contribution is -1.95. The summed E-state index contributed by atoms with van der Waals surface area (Å²) in [6.45, 7) is 0. The van der Waals surface area contributed by atoms with E-state index < -0.39 is 0 Å². The monoisotopic (exact) mass is 258 g/mol. The summed E-state index contributed by atoms with van der Waals surface area (Å²) in [6, 6.07) is 0. The topological polar surface area (TPSA) is 17.1 Å². The van der Waals surface area contributed by atoms with Crippen molar-refractivity contribution in [3.05, 3.63) is 11.6 Å². The van der Waals surface area contributed by atoms with Crippen molar-refractivity contribution in [3.8, 4) is 0 Å². The Labute approximate surface area is 95.1 Å². The van der Waals surface area contributed by atoms with Crippen LogP contribution >= 0.6 is 15.9 Å². The first-order valence-corrected chi connectivity index (χ1v) is 6.75. The average molecular weight is 259 g/mol. The largest absolute Gasteiger partial charge is 0.295 e. The van der Waals surface area contributed by atoms with Gasteiger partial charge in [0.1, 0.15) is 0 Å². The van der Waals surface area contributed by atoms with Crippen LogP contribution in [0.4, 0.5) is 0 Å². The zero-order valence-corrected chi connectivity index (χ0v) is 10.3. The van der Waals surface area contributed by atoms with E-state index in [1.54, 1.807) is 0 Å². The first-order valence-electron chi connectivity index (χ1n) is 5.63. The van der Waals surface area contributed by atoms with Crippen molar-refractivity contribution < 1.29 is 4.79 Å². The van der Waals surface area contributed by atoms with E-state index in [2.05, 4.69) is 22.0 Å². The molecule has 0 fully saturated rings. The van der Waals surface area contributed by atoms with Crippen molar-refractivity contribution in [1.82, 2.24) is 0 Å². The number of rotatable bonds is 7. The standard InChI is InChI=1S/C12H19BrO/c13-10-5-3-1-2-4-7-11-8-6-9-12(11)14/h8H,1-7,9-10H2. The lowest BCUT2D eigenvalue weighted by Gasteiger charge is -2.01. The van der Waals surface area contributed by atoms with Crippen LogP contribution in [-0.4, -0.2) is 11.1 Å². The molecule has 0 amide bonds. The van der Waals surface area contributed by atoms with E-state index in [-0.39, 0.29) is 0 Å². The molecule has 14 heavy (non-hydrogen) atoms. The molecule has 1 aliphatic carbocycles. The summed E-state index contributed by atoms with van der Waals surface area (Å²) >= 11 is 3.43. The van der Waals surface area contributed by atoms with Gasteiger partial charge in [0, 0.05) is 11.8 Å². The van der Waals surface area contributed by atoms with Gasteiger partial charge in [-0.3, -0.25) is 4.79 Å². The molecule has 0 atom stereocenters. The lowest BCUT2D eigenvalue weighted by molar-refractivity contribution is -0.115. The highest BCUT2D eigenvalue weighted by Gasteiger charge is 2.13. The number of hydrogen-bond donors (Lipinski definition) is 0. The lowest BCUT2D eigenvalue weighted by atomic mass is 10.0. The zero-order chi connectivity index (χ0) is 10.2. The molecular weight excluding hydrogens is 240 g/mol. The van der Waals surface area contributed by atoms with Gasteiger partial charge in [0.05, 0.1) is 0 Å². The molecule has 0 N–H and O–H groups in total. The highest BCUT2D eigenvalue weighted by atomic mass is 79.9. The Kier molecular flexibility index (Phi) is 6.17. The van der Waals surface area contributed by atoms with Gasteiger partial charge in [-0.25, -0.2) is 0 Å². The molecule has 0 bridgehead atoms. The van der Waals surface area contributed by atoms with Crippen LogP contribution in [0.15, 0.2) is 11.6 Å². The van der Waals surface area contributed by atoms with Crippen LogP contribution in [-0.2, 0) is 4.79 Å². The number of alkyl halides is 1. The van der Waals surface area contributed by atoms with E-state index in [0.717, 1.165) is 30.2 Å². The Bertz CT molecular complexity index is 208. The quantitative estimate of drug-likeness (QED) is 0.498. The van der Waals surface area contributed by atoms with Crippen LogP contribution in [0.5, 0.6) is 0 Å². The Balaban J connectivity index is 1.96. The van der Waals surface area contributed by atoms with Crippen LogP contribution in [0.3, 0.4) is 0 Å². The third-order valence-electron chi connectivity index (χ3n) is 2.70. The predicted molar refractivity (Wildman–Crippen MR) is 63.8 cm³/mol. The number of Topliss-reactive ketones (excluding diaryl/α,β-unsaturated/α-hetero) is 1. The number of ketones is 1. The second-order valence-corrected chi connectivity index (χ2v) is 4.69. The Morgan fingerprint density at radius 3 is 2.50 bits per heavy atom. The first kappa shape index (κ1) is 12.0. The molecule has 0 aromatic carbocycles. The first-order chi connectivity index (χ1) is 6.84. The second kappa shape index (κ2) is 7.22. The molecule has 0 aromatic rings. The van der Waals surface area contributed by atoms with Crippen LogP contribution in [0.2, 0.25) is 0 Å². The summed E-state index contributed by atoms with van der Waals surface area (Å²) in [5.41, 5.74) is 1.10. The summed E-state index contributed by atoms with van der Waals surface area (Å²) in [5.74, 6) is 0.394. The predicted octanol–water partition coefficient (Wildman–Crippen LogP) is 4.01. The van der Waals surface area contributed by atoms with Crippen molar-refractivity contribution in [2.45, 2.75) is 51.4 Å². The Morgan fingerprint density at radius 2 is 1.86 bits per heavy atom. The van der Waals surface area contributed by atoms with Gasteiger partial charge >= 0.3 is 0 Å². The molecule has 0 unspecified atom stereocenters. The van der Waals surface area contributed by atoms with Crippen LogP contribution < -0.4 is 0 Å². The van der Waals surface area contributed by atoms with Crippen molar-refractivity contribution in [1.29, 1.82) is 0 Å². The molecular formula is C12H19BrO. The van der Waals surface area contributed by atoms with Crippen LogP contribution in [0, 0.1) is 0 Å². The molecule has 0 aliphatic heterocycles. The normalized spacial score (nSPS) is 16.1. The van der Waals surface area contributed by atoms with Gasteiger partial charge < -0.3 is 0 Å². The van der Waals surface area contributed by atoms with E-state index in [1.165, 1.54) is 32.1 Å². The summed E-state index contributed by atoms with van der Waals surface area (Å²) < 4.78 is 0. The highest BCUT2D eigenvalue weighted by Crippen LogP contribution is 2.20. The molecule has 0 radical (unpaired) electrons. The number of carbonyl (C=O) groups is 1. The number of halogens is 1. The third-order valence-corrected chi connectivity index (χ3v) is 3.26. The number of unbranched alkanes of at least 4 members (excludes halogenated alkanes) is 4. The van der Waals surface area contributed by atoms with Gasteiger partial charge in [0.25, 0.3) is 0 Å². The fraction of sp³-hybridized carbons (Fsp3) is 0.750. The maximum Gasteiger partial charge on any atom is 0.158 e. The van der Waals surface area contributed by atoms with E-state index in [4.69, 9.17) is 0 Å². The molecule has 80 valence electrons. The van der Waals surface area contributed by atoms with Crippen molar-refractivity contribution in [3.63, 3.8) is 0 Å². The maximum atomic E-state index is 11.3. The minimum atomic E-state index is 0.394. The molecule has 1 nitrogen and oxygen atoms in total. The Morgan fingerprint density at radius 1 is 1.14 bits per heavy atom. The van der Waals surface area contributed by atoms with Gasteiger partial charge in [-0.15, -0.1) is 0 Å². The summed E-state index contributed by atoms with van der Waals surface area (Å²) in [6.07, 6.45) is 11.3. The van der Waals surface area contributed by atoms with E-state index >= 15 is 0 Å². The maximum absolute atomic E-state index is 11.3. The number of allylic oxidation sites excluding steroid dienone is 2. The third kappa shape index (κ3) is 4.41. The SMILES string of the molecule is O=C1CCC=C1CCCCCCCBr. The van der Waals surface area contributed by atoms with Gasteiger partial charge in [-0.2, -0.15) is 0 Å². The summed E-state index contributed by atoms with van der Waals surface area (Å²) in [4.78, 5) is 11.3. The molecule has 1 aliphatic rings. The molecule has 0 spiro atoms. The average Bonchev–Trinajstić information content (AvgIpc) is 2.58. The smallest absolute Gasteiger partial charge is 0.158 e. The van der Waals surface area contributed by atoms with Gasteiger partial charge in [0.2, 0.25) is 0 Å². The van der Waals surface area contributed by atoms with Gasteiger partial charge in [-0.1, -0.05) is 41.3 Å². The van der Waals surface area contributed by atoms with Crippen molar-refractivity contribution in [2.75, 3.05) is 5.33 Å². The molecule has 1 rings (SSSR count). The molecule has 0 saturated heterocycles.